The number of phenols is 2. The summed E-state index contributed by atoms with van der Waals surface area (Å²) in [4.78, 5) is 147. The van der Waals surface area contributed by atoms with Gasteiger partial charge in [0.05, 0.1) is 12.1 Å². The summed E-state index contributed by atoms with van der Waals surface area (Å²) < 4.78 is 9.95. The van der Waals surface area contributed by atoms with Crippen LogP contribution in [0.25, 0.3) is 22.3 Å². The topological polar surface area (TPSA) is 380 Å². The van der Waals surface area contributed by atoms with Crippen molar-refractivity contribution in [3.05, 3.63) is 107 Å². The van der Waals surface area contributed by atoms with Crippen molar-refractivity contribution in [3.8, 4) is 33.8 Å². The maximum Gasteiger partial charge on any atom is 0.408 e. The average molecular weight is 1560 g/mol. The molecule has 5 aliphatic heterocycles. The molecule has 28 heteroatoms. The second kappa shape index (κ2) is 44.8. The van der Waals surface area contributed by atoms with E-state index in [1.165, 1.54) is 63.0 Å². The number of halogens is 2. The number of carboxylic acid groups (broad SMARTS) is 1. The third-order valence-corrected chi connectivity index (χ3v) is 19.0. The Morgan fingerprint density at radius 3 is 1.59 bits per heavy atom. The third-order valence-electron chi connectivity index (χ3n) is 18.7. The molecule has 11 N–H and O–H groups in total. The molecule has 8 atom stereocenters. The number of nitrogens with two attached hydrogens (primary N) is 2. The zero-order valence-corrected chi connectivity index (χ0v) is 67.1. The minimum atomic E-state index is -1.26. The number of amides is 7. The largest absolute Gasteiger partial charge is 0.507 e. The number of carbonyl (C=O) groups excluding carboxylic acids is 10. The van der Waals surface area contributed by atoms with E-state index >= 15 is 0 Å². The molecule has 0 unspecified atom stereocenters. The highest BCUT2D eigenvalue weighted by Crippen LogP contribution is 2.40. The van der Waals surface area contributed by atoms with E-state index in [1.54, 1.807) is 122 Å². The molecular formula is C81H118Cl2N10O16. The van der Waals surface area contributed by atoms with E-state index < -0.39 is 88.9 Å². The second-order valence-corrected chi connectivity index (χ2v) is 30.9. The summed E-state index contributed by atoms with van der Waals surface area (Å²) in [5, 5.41) is 42.2. The number of likely N-dealkylation sites (N-methyl/N-ethyl adjacent to an activating group) is 1. The number of phenolic OH excluding ortho intramolecular Hbond substituents is 2. The molecule has 0 radical (unpaired) electrons. The molecule has 5 aliphatic rings. The fourth-order valence-electron chi connectivity index (χ4n) is 12.8. The Balaban J connectivity index is 0.000000434. The van der Waals surface area contributed by atoms with Crippen LogP contribution in [0.5, 0.6) is 11.5 Å². The van der Waals surface area contributed by atoms with E-state index in [0.717, 1.165) is 75.8 Å². The number of likely N-dealkylation sites (tertiary alicyclic amines) is 3. The van der Waals surface area contributed by atoms with Crippen molar-refractivity contribution in [3.63, 3.8) is 0 Å². The van der Waals surface area contributed by atoms with Crippen LogP contribution in [0.15, 0.2) is 84.9 Å². The van der Waals surface area contributed by atoms with Gasteiger partial charge in [-0.15, -0.1) is 12.4 Å². The highest BCUT2D eigenvalue weighted by molar-refractivity contribution is 6.30. The van der Waals surface area contributed by atoms with Crippen LogP contribution in [0.2, 0.25) is 5.02 Å². The van der Waals surface area contributed by atoms with Gasteiger partial charge in [-0.05, 0) is 211 Å². The predicted octanol–water partition coefficient (Wildman–Crippen LogP) is 10.7. The summed E-state index contributed by atoms with van der Waals surface area (Å²) in [6.45, 7) is 26.1. The van der Waals surface area contributed by atoms with Crippen molar-refractivity contribution in [1.82, 2.24) is 40.9 Å². The fourth-order valence-corrected chi connectivity index (χ4v) is 12.9. The molecule has 9 rings (SSSR count). The zero-order valence-electron chi connectivity index (χ0n) is 65.6. The SMILES string of the molecule is C1CCNC1.C[C@@H]1CC(=O)[C@@H](N(C)C(=O)[C@H](CCCCN)CC(=O)c2ccc(-c3ccc(Cl)cc3)cc2)c2ccc(O)c(c2)-c2cc(ccc2O)C[C@@H](C(=O)C[C@@H](C)C(=O)N2CCCC2)NC1=O.C[C@H](N)C(=O)N1CCCC1.C[C@H](NC(=O)OC(C)(C)C)C(=O)N1CCCC1.C[C@H](NC(=O)OC(C)(C)C)C(=O)O.Cl. The number of rotatable bonds is 19. The van der Waals surface area contributed by atoms with Crippen molar-refractivity contribution >= 4 is 89.0 Å². The van der Waals surface area contributed by atoms with Crippen LogP contribution in [0.4, 0.5) is 9.59 Å². The maximum atomic E-state index is 14.7. The number of ketones is 3. The number of unbranched alkanes of at least 4 members (excludes halogenated alkanes) is 1. The van der Waals surface area contributed by atoms with Gasteiger partial charge in [0.2, 0.25) is 29.5 Å². The summed E-state index contributed by atoms with van der Waals surface area (Å²) in [6, 6.07) is 19.5. The lowest BCUT2D eigenvalue weighted by Crippen LogP contribution is -2.47. The number of aliphatic carboxylic acids is 1. The molecule has 109 heavy (non-hydrogen) atoms. The number of aromatic hydroxyl groups is 2. The van der Waals surface area contributed by atoms with E-state index in [9.17, 15) is 63.0 Å². The lowest BCUT2D eigenvalue weighted by Gasteiger charge is -2.32. The van der Waals surface area contributed by atoms with Crippen molar-refractivity contribution in [1.29, 1.82) is 0 Å². The number of hydrogen-bond acceptors (Lipinski definition) is 18. The van der Waals surface area contributed by atoms with Gasteiger partial charge in [0.1, 0.15) is 40.8 Å². The molecule has 4 bridgehead atoms. The van der Waals surface area contributed by atoms with E-state index in [0.29, 0.717) is 60.6 Å². The molecule has 7 amide bonds. The van der Waals surface area contributed by atoms with Crippen molar-refractivity contribution in [2.24, 2.45) is 29.2 Å². The molecule has 5 heterocycles. The first-order chi connectivity index (χ1) is 50.9. The maximum absolute atomic E-state index is 14.7. The van der Waals surface area contributed by atoms with Crippen LogP contribution in [0.1, 0.15) is 194 Å². The lowest BCUT2D eigenvalue weighted by atomic mass is 9.87. The number of nitrogens with zero attached hydrogens (tertiary/aromatic N) is 4. The predicted molar refractivity (Wildman–Crippen MR) is 422 cm³/mol. The number of carboxylic acids is 1. The van der Waals surface area contributed by atoms with E-state index in [1.807, 2.05) is 29.2 Å². The molecule has 4 aromatic carbocycles. The van der Waals surface area contributed by atoms with Crippen molar-refractivity contribution in [2.45, 2.75) is 214 Å². The van der Waals surface area contributed by atoms with Gasteiger partial charge in [-0.1, -0.05) is 80.4 Å². The average Bonchev–Trinajstić information content (AvgIpc) is 1.51. The number of hydrogen-bond donors (Lipinski definition) is 9. The van der Waals surface area contributed by atoms with Crippen molar-refractivity contribution < 1.29 is 77.5 Å². The third kappa shape index (κ3) is 31.0. The Morgan fingerprint density at radius 1 is 0.633 bits per heavy atom. The Hall–Kier alpha value is -8.69. The molecule has 4 aromatic rings. The number of nitrogens with one attached hydrogen (secondary N) is 4. The smallest absolute Gasteiger partial charge is 0.408 e. The minimum Gasteiger partial charge on any atom is -0.507 e. The normalized spacial score (nSPS) is 18.3. The molecular weight excluding hydrogens is 1440 g/mol. The molecule has 26 nitrogen and oxygen atoms in total. The number of fused-ring (bicyclic) bond motifs is 5. The minimum absolute atomic E-state index is 0. The standard InChI is InChI=1S/C50H57ClN4O8.C12H22N2O3.C8H15NO4.C7H14N2O.C4H9N.ClH/c1-30-24-46(60)47(54(3)50(63)37(8-4-5-21-52)29-44(58)35-12-10-33(11-13-35)34-14-17-38(51)18-15-34)36-16-20-43(57)40(28-36)39-26-32(9-19-42(39)56)27-41(53-48(30)61)45(59)25-31(2)49(62)55-22-6-7-23-55;1-9(10(15)14-7-5-6-8-14)13-11(16)17-12(2,3)4;1-5(6(10)11)9-7(12)13-8(2,3)4;1-6(8)7(10)9-4-2-3-5-9;1-2-4-5-3-1;/h9-20,26,28,30-31,37,41,47,56-57H,4-8,21-25,27,29,52H2,1-3H3,(H,53,61);9H,5-8H2,1-4H3,(H,13,16);5H,1-4H3,(H,9,12)(H,10,11);6H,2-5,8H2,1H3;5H,1-4H2;1H/t30-,31-,37-,41+,47+;9-;5-;6-;;/m1000../s1. The zero-order chi connectivity index (χ0) is 80.2. The van der Waals surface area contributed by atoms with Gasteiger partial charge in [-0.2, -0.15) is 0 Å². The first kappa shape index (κ1) is 92.7. The monoisotopic (exact) mass is 1560 g/mol. The van der Waals surface area contributed by atoms with Crippen LogP contribution in [0.3, 0.4) is 0 Å². The molecule has 0 spiro atoms. The first-order valence-electron chi connectivity index (χ1n) is 37.8. The Kier molecular flexibility index (Phi) is 38.1. The Bertz CT molecular complexity index is 3670. The molecule has 602 valence electrons. The lowest BCUT2D eigenvalue weighted by molar-refractivity contribution is -0.142. The Labute approximate surface area is 653 Å². The first-order valence-corrected chi connectivity index (χ1v) is 38.2. The van der Waals surface area contributed by atoms with Crippen LogP contribution in [0, 0.1) is 17.8 Å². The summed E-state index contributed by atoms with van der Waals surface area (Å²) >= 11 is 6.06. The molecule has 0 saturated carbocycles. The van der Waals surface area contributed by atoms with Gasteiger partial charge in [-0.25, -0.2) is 9.59 Å². The number of benzene rings is 4. The second-order valence-electron chi connectivity index (χ2n) is 30.5. The Morgan fingerprint density at radius 2 is 1.11 bits per heavy atom. The summed E-state index contributed by atoms with van der Waals surface area (Å²) in [5.74, 6) is -6.01. The van der Waals surface area contributed by atoms with Gasteiger partial charge in [0.15, 0.2) is 17.3 Å². The van der Waals surface area contributed by atoms with Crippen LogP contribution in [-0.2, 0) is 54.3 Å². The number of carbonyl (C=O) groups is 11. The molecule has 0 aromatic heterocycles. The number of Topliss-reactive ketones (excluding diaryl/α,β-unsaturated/α-hetero) is 3. The van der Waals surface area contributed by atoms with Crippen molar-refractivity contribution in [2.75, 3.05) is 66.0 Å². The number of ether oxygens (including phenoxy) is 2. The van der Waals surface area contributed by atoms with Crippen LogP contribution < -0.4 is 32.7 Å². The van der Waals surface area contributed by atoms with Gasteiger partial charge in [0, 0.05) is 105 Å². The highest BCUT2D eigenvalue weighted by atomic mass is 35.5. The quantitative estimate of drug-likeness (QED) is 0.0311. The molecule has 0 aliphatic carbocycles. The number of alkyl carbamates (subject to hydrolysis) is 2. The molecule has 4 fully saturated rings. The summed E-state index contributed by atoms with van der Waals surface area (Å²) in [5.41, 5.74) is 13.6. The van der Waals surface area contributed by atoms with Gasteiger partial charge in [0.25, 0.3) is 0 Å². The summed E-state index contributed by atoms with van der Waals surface area (Å²) in [7, 11) is 1.49. The molecule has 4 saturated heterocycles. The van der Waals surface area contributed by atoms with Crippen LogP contribution >= 0.6 is 24.0 Å². The highest BCUT2D eigenvalue weighted by Gasteiger charge is 2.38. The van der Waals surface area contributed by atoms with E-state index in [4.69, 9.17) is 37.6 Å². The van der Waals surface area contributed by atoms with Crippen LogP contribution in [-0.4, -0.2) is 201 Å². The summed E-state index contributed by atoms with van der Waals surface area (Å²) in [6.07, 6.45) is 8.67. The van der Waals surface area contributed by atoms with Gasteiger partial charge in [-0.3, -0.25) is 43.2 Å². The fraction of sp³-hybridized carbons (Fsp3) is 0.568. The van der Waals surface area contributed by atoms with Gasteiger partial charge >= 0.3 is 18.2 Å². The van der Waals surface area contributed by atoms with E-state index in [-0.39, 0.29) is 96.0 Å². The van der Waals surface area contributed by atoms with Gasteiger partial charge < -0.3 is 77.1 Å². The van der Waals surface area contributed by atoms with E-state index in [2.05, 4.69) is 21.3 Å².